The van der Waals surface area contributed by atoms with Gasteiger partial charge in [0, 0.05) is 22.3 Å². The quantitative estimate of drug-likeness (QED) is 0.789. The predicted molar refractivity (Wildman–Crippen MR) is 81.4 cm³/mol. The Bertz CT molecular complexity index is 671. The first-order valence-electron chi connectivity index (χ1n) is 6.43. The first-order valence-corrected chi connectivity index (χ1v) is 6.81. The molecule has 0 aliphatic rings. The molecule has 2 aromatic rings. The van der Waals surface area contributed by atoms with Crippen molar-refractivity contribution in [2.45, 2.75) is 20.5 Å². The number of carbonyl (C=O) groups is 1. The van der Waals surface area contributed by atoms with Crippen molar-refractivity contribution in [3.63, 3.8) is 0 Å². The molecule has 21 heavy (non-hydrogen) atoms. The first-order chi connectivity index (χ1) is 10.1. The molecule has 0 bridgehead atoms. The lowest BCUT2D eigenvalue weighted by Gasteiger charge is -2.13. The summed E-state index contributed by atoms with van der Waals surface area (Å²) in [6.07, 6.45) is 2.46. The zero-order chi connectivity index (χ0) is 15.4. The highest BCUT2D eigenvalue weighted by Gasteiger charge is 2.11. The number of aromatic nitrogens is 1. The summed E-state index contributed by atoms with van der Waals surface area (Å²) in [5.74, 6) is 1.28. The summed E-state index contributed by atoms with van der Waals surface area (Å²) in [5, 5.41) is 0.496. The van der Waals surface area contributed by atoms with E-state index in [0.29, 0.717) is 16.3 Å². The molecule has 0 unspecified atom stereocenters. The maximum absolute atomic E-state index is 11.0. The third kappa shape index (κ3) is 3.34. The van der Waals surface area contributed by atoms with Crippen LogP contribution in [0.4, 0.5) is 0 Å². The maximum atomic E-state index is 11.0. The highest BCUT2D eigenvalue weighted by molar-refractivity contribution is 6.30. The van der Waals surface area contributed by atoms with Gasteiger partial charge in [0.2, 0.25) is 0 Å². The summed E-state index contributed by atoms with van der Waals surface area (Å²) in [6.45, 7) is 4.12. The van der Waals surface area contributed by atoms with E-state index in [0.717, 1.165) is 28.9 Å². The predicted octanol–water partition coefficient (Wildman–Crippen LogP) is 3.75. The van der Waals surface area contributed by atoms with Gasteiger partial charge in [-0.2, -0.15) is 0 Å². The normalized spacial score (nSPS) is 10.3. The maximum Gasteiger partial charge on any atom is 0.153 e. The summed E-state index contributed by atoms with van der Waals surface area (Å²) < 4.78 is 11.0. The van der Waals surface area contributed by atoms with Crippen LogP contribution >= 0.6 is 11.6 Å². The molecule has 0 saturated heterocycles. The van der Waals surface area contributed by atoms with Crippen LogP contribution in [0.2, 0.25) is 5.02 Å². The molecule has 110 valence electrons. The number of nitrogens with zero attached hydrogens (tertiary/aromatic N) is 1. The molecule has 0 spiro atoms. The largest absolute Gasteiger partial charge is 0.496 e. The average Bonchev–Trinajstić information content (AvgIpc) is 2.48. The lowest BCUT2D eigenvalue weighted by molar-refractivity contribution is 0.111. The summed E-state index contributed by atoms with van der Waals surface area (Å²) >= 11 is 5.85. The lowest BCUT2D eigenvalue weighted by Crippen LogP contribution is -2.05. The number of hydrogen-bond donors (Lipinski definition) is 0. The number of benzene rings is 1. The number of carbonyl (C=O) groups excluding carboxylic acids is 1. The van der Waals surface area contributed by atoms with Crippen molar-refractivity contribution in [1.82, 2.24) is 4.98 Å². The minimum atomic E-state index is 0.255. The minimum absolute atomic E-state index is 0.255. The van der Waals surface area contributed by atoms with Crippen LogP contribution in [0.25, 0.3) is 0 Å². The van der Waals surface area contributed by atoms with Gasteiger partial charge in [-0.3, -0.25) is 9.78 Å². The highest BCUT2D eigenvalue weighted by atomic mass is 35.5. The molecule has 0 radical (unpaired) electrons. The van der Waals surface area contributed by atoms with E-state index in [2.05, 4.69) is 4.98 Å². The van der Waals surface area contributed by atoms with Gasteiger partial charge >= 0.3 is 0 Å². The van der Waals surface area contributed by atoms with E-state index in [4.69, 9.17) is 21.1 Å². The van der Waals surface area contributed by atoms with E-state index in [1.165, 1.54) is 0 Å². The molecule has 0 aliphatic heterocycles. The molecule has 4 nitrogen and oxygen atoms in total. The van der Waals surface area contributed by atoms with Crippen molar-refractivity contribution in [3.8, 4) is 11.5 Å². The molecule has 5 heteroatoms. The first kappa shape index (κ1) is 15.3. The third-order valence-electron chi connectivity index (χ3n) is 3.21. The monoisotopic (exact) mass is 305 g/mol. The van der Waals surface area contributed by atoms with Gasteiger partial charge in [-0.1, -0.05) is 11.6 Å². The summed E-state index contributed by atoms with van der Waals surface area (Å²) in [5.41, 5.74) is 3.08. The number of rotatable bonds is 5. The van der Waals surface area contributed by atoms with E-state index >= 15 is 0 Å². The molecule has 0 N–H and O–H groups in total. The number of pyridine rings is 1. The Morgan fingerprint density at radius 1 is 1.33 bits per heavy atom. The fourth-order valence-corrected chi connectivity index (χ4v) is 2.29. The van der Waals surface area contributed by atoms with Crippen molar-refractivity contribution >= 4 is 17.9 Å². The number of methoxy groups -OCH3 is 1. The second-order valence-electron chi connectivity index (χ2n) is 4.63. The zero-order valence-corrected chi connectivity index (χ0v) is 12.9. The van der Waals surface area contributed by atoms with Gasteiger partial charge in [0.25, 0.3) is 0 Å². The van der Waals surface area contributed by atoms with Crippen LogP contribution in [0.1, 0.15) is 27.2 Å². The van der Waals surface area contributed by atoms with E-state index < -0.39 is 0 Å². The number of halogens is 1. The second-order valence-corrected chi connectivity index (χ2v) is 5.07. The van der Waals surface area contributed by atoms with E-state index in [1.54, 1.807) is 31.5 Å². The van der Waals surface area contributed by atoms with Crippen LogP contribution in [0.15, 0.2) is 24.4 Å². The minimum Gasteiger partial charge on any atom is -0.496 e. The number of hydrogen-bond acceptors (Lipinski definition) is 4. The summed E-state index contributed by atoms with van der Waals surface area (Å²) in [7, 11) is 1.63. The molecule has 1 aromatic heterocycles. The molecule has 0 fully saturated rings. The highest BCUT2D eigenvalue weighted by Crippen LogP contribution is 2.26. The topological polar surface area (TPSA) is 48.4 Å². The van der Waals surface area contributed by atoms with Crippen molar-refractivity contribution in [1.29, 1.82) is 0 Å². The summed E-state index contributed by atoms with van der Waals surface area (Å²) in [6, 6.07) is 4.92. The van der Waals surface area contributed by atoms with E-state index in [-0.39, 0.29) is 6.61 Å². The van der Waals surface area contributed by atoms with Crippen LogP contribution in [-0.4, -0.2) is 18.4 Å². The van der Waals surface area contributed by atoms with E-state index in [1.807, 2.05) is 13.8 Å². The SMILES string of the molecule is COc1c(C)cnc(COc2ccc(Cl)cc2C=O)c1C. The molecule has 0 saturated carbocycles. The standard InChI is InChI=1S/C16H16ClNO3/c1-10-7-18-14(11(2)16(10)20-3)9-21-15-5-4-13(17)6-12(15)8-19/h4-8H,9H2,1-3H3. The third-order valence-corrected chi connectivity index (χ3v) is 3.45. The van der Waals surface area contributed by atoms with Gasteiger partial charge in [0.05, 0.1) is 18.4 Å². The molecule has 2 rings (SSSR count). The Labute approximate surface area is 128 Å². The van der Waals surface area contributed by atoms with Gasteiger partial charge < -0.3 is 9.47 Å². The number of aryl methyl sites for hydroxylation is 1. The molecule has 0 amide bonds. The molecule has 0 aliphatic carbocycles. The molecule has 1 heterocycles. The van der Waals surface area contributed by atoms with Gasteiger partial charge in [-0.15, -0.1) is 0 Å². The van der Waals surface area contributed by atoms with Crippen molar-refractivity contribution in [2.24, 2.45) is 0 Å². The Morgan fingerprint density at radius 3 is 2.76 bits per heavy atom. The molecular weight excluding hydrogens is 290 g/mol. The summed E-state index contributed by atoms with van der Waals surface area (Å²) in [4.78, 5) is 15.4. The Morgan fingerprint density at radius 2 is 2.10 bits per heavy atom. The van der Waals surface area contributed by atoms with Crippen molar-refractivity contribution in [3.05, 3.63) is 51.8 Å². The Balaban J connectivity index is 2.23. The molecular formula is C16H16ClNO3. The molecule has 0 atom stereocenters. The van der Waals surface area contributed by atoms with Gasteiger partial charge in [0.1, 0.15) is 18.1 Å². The van der Waals surface area contributed by atoms with Crippen LogP contribution < -0.4 is 9.47 Å². The van der Waals surface area contributed by atoms with Crippen LogP contribution in [-0.2, 0) is 6.61 Å². The fourth-order valence-electron chi connectivity index (χ4n) is 2.11. The second kappa shape index (κ2) is 6.59. The Hall–Kier alpha value is -2.07. The van der Waals surface area contributed by atoms with Gasteiger partial charge in [-0.25, -0.2) is 0 Å². The Kier molecular flexibility index (Phi) is 4.81. The molecule has 1 aromatic carbocycles. The number of aldehydes is 1. The zero-order valence-electron chi connectivity index (χ0n) is 12.1. The number of ether oxygens (including phenoxy) is 2. The smallest absolute Gasteiger partial charge is 0.153 e. The van der Waals surface area contributed by atoms with Crippen LogP contribution in [0.3, 0.4) is 0 Å². The van der Waals surface area contributed by atoms with Crippen LogP contribution in [0, 0.1) is 13.8 Å². The van der Waals surface area contributed by atoms with Crippen molar-refractivity contribution in [2.75, 3.05) is 7.11 Å². The van der Waals surface area contributed by atoms with Gasteiger partial charge in [-0.05, 0) is 32.0 Å². The fraction of sp³-hybridized carbons (Fsp3) is 0.250. The average molecular weight is 306 g/mol. The van der Waals surface area contributed by atoms with Crippen molar-refractivity contribution < 1.29 is 14.3 Å². The van der Waals surface area contributed by atoms with E-state index in [9.17, 15) is 4.79 Å². The van der Waals surface area contributed by atoms with Crippen LogP contribution in [0.5, 0.6) is 11.5 Å². The van der Waals surface area contributed by atoms with Gasteiger partial charge in [0.15, 0.2) is 6.29 Å². The lowest BCUT2D eigenvalue weighted by atomic mass is 10.1.